The normalized spacial score (nSPS) is 15.4. The van der Waals surface area contributed by atoms with Crippen LogP contribution in [0.5, 0.6) is 0 Å². The molecule has 1 atom stereocenters. The van der Waals surface area contributed by atoms with Gasteiger partial charge in [0.05, 0.1) is 11.3 Å². The highest BCUT2D eigenvalue weighted by atomic mass is 32.2. The van der Waals surface area contributed by atoms with Crippen molar-refractivity contribution in [3.05, 3.63) is 29.3 Å². The highest BCUT2D eigenvalue weighted by Gasteiger charge is 2.31. The number of amides is 3. The Morgan fingerprint density at radius 2 is 2.04 bits per heavy atom. The van der Waals surface area contributed by atoms with Gasteiger partial charge in [0.1, 0.15) is 0 Å². The summed E-state index contributed by atoms with van der Waals surface area (Å²) in [5, 5.41) is 2.48. The molecule has 1 aromatic rings. The highest BCUT2D eigenvalue weighted by molar-refractivity contribution is 7.89. The first-order valence-corrected chi connectivity index (χ1v) is 9.96. The lowest BCUT2D eigenvalue weighted by Crippen LogP contribution is -2.42. The van der Waals surface area contributed by atoms with Gasteiger partial charge in [-0.3, -0.25) is 14.5 Å². The van der Waals surface area contributed by atoms with Crippen LogP contribution in [0.4, 0.5) is 4.79 Å². The molecule has 2 N–H and O–H groups in total. The second kappa shape index (κ2) is 8.49. The molecular weight excluding hydrogens is 374 g/mol. The molecule has 0 aliphatic carbocycles. The van der Waals surface area contributed by atoms with Gasteiger partial charge in [-0.15, -0.1) is 0 Å². The van der Waals surface area contributed by atoms with E-state index in [4.69, 9.17) is 4.74 Å². The summed E-state index contributed by atoms with van der Waals surface area (Å²) in [6.45, 7) is 5.32. The van der Waals surface area contributed by atoms with Crippen molar-refractivity contribution in [1.82, 2.24) is 14.9 Å². The van der Waals surface area contributed by atoms with E-state index in [0.717, 1.165) is 10.5 Å². The average Bonchev–Trinajstić information content (AvgIpc) is 2.99. The van der Waals surface area contributed by atoms with E-state index in [1.54, 1.807) is 19.1 Å². The fraction of sp³-hybridized carbons (Fsp3) is 0.471. The lowest BCUT2D eigenvalue weighted by atomic mass is 10.2. The van der Waals surface area contributed by atoms with E-state index >= 15 is 0 Å². The van der Waals surface area contributed by atoms with E-state index in [0.29, 0.717) is 12.1 Å². The zero-order valence-electron chi connectivity index (χ0n) is 15.4. The highest BCUT2D eigenvalue weighted by Crippen LogP contribution is 2.16. The number of imide groups is 1. The van der Waals surface area contributed by atoms with Gasteiger partial charge in [0.2, 0.25) is 10.0 Å². The number of carbonyl (C=O) groups excluding carboxylic acids is 3. The third-order valence-corrected chi connectivity index (χ3v) is 5.64. The zero-order chi connectivity index (χ0) is 20.2. The van der Waals surface area contributed by atoms with Crippen LogP contribution in [0, 0.1) is 13.8 Å². The number of carbonyl (C=O) groups is 3. The van der Waals surface area contributed by atoms with E-state index in [9.17, 15) is 22.8 Å². The number of nitrogens with one attached hydrogen (secondary N) is 2. The van der Waals surface area contributed by atoms with Gasteiger partial charge in [-0.25, -0.2) is 17.9 Å². The summed E-state index contributed by atoms with van der Waals surface area (Å²) in [6.07, 6.45) is -1.37. The molecule has 0 radical (unpaired) electrons. The molecule has 0 aromatic heterocycles. The Balaban J connectivity index is 1.84. The van der Waals surface area contributed by atoms with Crippen molar-refractivity contribution >= 4 is 27.9 Å². The van der Waals surface area contributed by atoms with Crippen LogP contribution >= 0.6 is 0 Å². The maximum Gasteiger partial charge on any atom is 0.324 e. The maximum atomic E-state index is 12.3. The van der Waals surface area contributed by atoms with Crippen LogP contribution in [0.3, 0.4) is 0 Å². The van der Waals surface area contributed by atoms with E-state index in [1.807, 2.05) is 6.92 Å². The topological polar surface area (TPSA) is 122 Å². The predicted molar refractivity (Wildman–Crippen MR) is 96.4 cm³/mol. The van der Waals surface area contributed by atoms with Crippen molar-refractivity contribution in [2.45, 2.75) is 38.2 Å². The molecule has 27 heavy (non-hydrogen) atoms. The summed E-state index contributed by atoms with van der Waals surface area (Å²) in [5.74, 6) is -1.35. The summed E-state index contributed by atoms with van der Waals surface area (Å²) < 4.78 is 32.0. The van der Waals surface area contributed by atoms with Gasteiger partial charge in [0, 0.05) is 19.6 Å². The summed E-state index contributed by atoms with van der Waals surface area (Å²) in [5.41, 5.74) is 1.55. The van der Waals surface area contributed by atoms with Crippen LogP contribution in [0.25, 0.3) is 0 Å². The Labute approximate surface area is 158 Å². The quantitative estimate of drug-likeness (QED) is 0.645. The Bertz CT molecular complexity index is 852. The molecule has 1 aliphatic rings. The molecule has 0 saturated carbocycles. The number of esters is 1. The van der Waals surface area contributed by atoms with Gasteiger partial charge < -0.3 is 10.1 Å². The molecule has 1 aliphatic heterocycles. The summed E-state index contributed by atoms with van der Waals surface area (Å²) >= 11 is 0. The molecule has 1 saturated heterocycles. The largest absolute Gasteiger partial charge is 0.452 e. The molecule has 9 nitrogen and oxygen atoms in total. The Kier molecular flexibility index (Phi) is 6.55. The fourth-order valence-electron chi connectivity index (χ4n) is 2.67. The molecule has 10 heteroatoms. The number of aryl methyl sites for hydroxylation is 2. The van der Waals surface area contributed by atoms with Gasteiger partial charge in [-0.05, 0) is 32.4 Å². The molecule has 3 amide bonds. The van der Waals surface area contributed by atoms with Crippen LogP contribution in [-0.4, -0.2) is 57.0 Å². The number of hydrogen-bond acceptors (Lipinski definition) is 6. The fourth-order valence-corrected chi connectivity index (χ4v) is 3.93. The van der Waals surface area contributed by atoms with Gasteiger partial charge in [-0.1, -0.05) is 17.7 Å². The first-order valence-electron chi connectivity index (χ1n) is 8.47. The van der Waals surface area contributed by atoms with Crippen molar-refractivity contribution < 1.29 is 27.5 Å². The van der Waals surface area contributed by atoms with Crippen LogP contribution in [0.15, 0.2) is 23.1 Å². The Hall–Kier alpha value is -2.46. The minimum absolute atomic E-state index is 0.144. The average molecular weight is 397 g/mol. The Morgan fingerprint density at radius 3 is 2.63 bits per heavy atom. The maximum absolute atomic E-state index is 12.3. The van der Waals surface area contributed by atoms with Gasteiger partial charge in [0.25, 0.3) is 5.91 Å². The molecular formula is C17H23N3O6S. The van der Waals surface area contributed by atoms with E-state index in [1.165, 1.54) is 13.0 Å². The number of benzene rings is 1. The Morgan fingerprint density at radius 1 is 1.33 bits per heavy atom. The third-order valence-electron chi connectivity index (χ3n) is 4.02. The monoisotopic (exact) mass is 397 g/mol. The molecule has 0 spiro atoms. The smallest absolute Gasteiger partial charge is 0.324 e. The molecule has 0 bridgehead atoms. The predicted octanol–water partition coefficient (Wildman–Crippen LogP) is 0.455. The summed E-state index contributed by atoms with van der Waals surface area (Å²) in [4.78, 5) is 36.5. The van der Waals surface area contributed by atoms with E-state index < -0.39 is 34.0 Å². The molecule has 1 fully saturated rings. The van der Waals surface area contributed by atoms with Gasteiger partial charge in [0.15, 0.2) is 6.10 Å². The number of nitrogens with zero attached hydrogens (tertiary/aromatic N) is 1. The van der Waals surface area contributed by atoms with Crippen molar-refractivity contribution in [2.24, 2.45) is 0 Å². The first-order chi connectivity index (χ1) is 12.6. The lowest BCUT2D eigenvalue weighted by Gasteiger charge is -2.18. The number of rotatable bonds is 7. The molecule has 1 aromatic carbocycles. The number of urea groups is 1. The first kappa shape index (κ1) is 20.8. The van der Waals surface area contributed by atoms with Crippen LogP contribution in [-0.2, 0) is 24.3 Å². The number of ether oxygens (including phenoxy) is 1. The second-order valence-corrected chi connectivity index (χ2v) is 8.01. The molecule has 1 heterocycles. The van der Waals surface area contributed by atoms with Crippen molar-refractivity contribution in [2.75, 3.05) is 19.6 Å². The van der Waals surface area contributed by atoms with Crippen molar-refractivity contribution in [3.63, 3.8) is 0 Å². The number of sulfonamides is 1. The minimum Gasteiger partial charge on any atom is -0.452 e. The molecule has 148 valence electrons. The van der Waals surface area contributed by atoms with E-state index in [-0.39, 0.29) is 24.4 Å². The lowest BCUT2D eigenvalue weighted by molar-refractivity contribution is -0.157. The second-order valence-electron chi connectivity index (χ2n) is 6.27. The van der Waals surface area contributed by atoms with E-state index in [2.05, 4.69) is 10.0 Å². The molecule has 2 rings (SSSR count). The third kappa shape index (κ3) is 5.27. The van der Waals surface area contributed by atoms with Crippen LogP contribution in [0.2, 0.25) is 0 Å². The molecule has 0 unspecified atom stereocenters. The summed E-state index contributed by atoms with van der Waals surface area (Å²) in [6, 6.07) is 4.43. The SMILES string of the molecule is Cc1ccc(S(=O)(=O)NCCC(=O)O[C@H](C)C(=O)N2CCNC2=O)c(C)c1. The van der Waals surface area contributed by atoms with Crippen LogP contribution in [0.1, 0.15) is 24.5 Å². The summed E-state index contributed by atoms with van der Waals surface area (Å²) in [7, 11) is -3.75. The van der Waals surface area contributed by atoms with Gasteiger partial charge in [-0.2, -0.15) is 0 Å². The zero-order valence-corrected chi connectivity index (χ0v) is 16.3. The minimum atomic E-state index is -3.75. The van der Waals surface area contributed by atoms with Crippen molar-refractivity contribution in [1.29, 1.82) is 0 Å². The van der Waals surface area contributed by atoms with Gasteiger partial charge >= 0.3 is 12.0 Å². The standard InChI is InChI=1S/C17H23N3O6S/c1-11-4-5-14(12(2)10-11)27(24,25)19-7-6-15(21)26-13(3)16(22)20-9-8-18-17(20)23/h4-5,10,13,19H,6-9H2,1-3H3,(H,18,23)/t13-/m1/s1. The number of hydrogen-bond donors (Lipinski definition) is 2. The van der Waals surface area contributed by atoms with Crippen molar-refractivity contribution in [3.8, 4) is 0 Å². The van der Waals surface area contributed by atoms with Crippen LogP contribution < -0.4 is 10.0 Å².